The van der Waals surface area contributed by atoms with Crippen molar-refractivity contribution in [1.82, 2.24) is 10.2 Å². The van der Waals surface area contributed by atoms with Crippen LogP contribution in [0.15, 0.2) is 23.1 Å². The van der Waals surface area contributed by atoms with Gasteiger partial charge in [-0.1, -0.05) is 6.07 Å². The average Bonchev–Trinajstić information content (AvgIpc) is 3.05. The number of nitrogens with zero attached hydrogens (tertiary/aromatic N) is 1. The molecule has 2 aliphatic heterocycles. The van der Waals surface area contributed by atoms with Crippen LogP contribution in [0.2, 0.25) is 0 Å². The summed E-state index contributed by atoms with van der Waals surface area (Å²) in [5.41, 5.74) is 4.94. The lowest BCUT2D eigenvalue weighted by Crippen LogP contribution is -2.54. The van der Waals surface area contributed by atoms with Crippen LogP contribution in [0.25, 0.3) is 0 Å². The van der Waals surface area contributed by atoms with Crippen molar-refractivity contribution in [3.63, 3.8) is 0 Å². The molecule has 3 N–H and O–H groups in total. The summed E-state index contributed by atoms with van der Waals surface area (Å²) in [6, 6.07) is 2.78. The summed E-state index contributed by atoms with van der Waals surface area (Å²) in [7, 11) is -3.98. The highest BCUT2D eigenvalue weighted by Gasteiger charge is 2.46. The van der Waals surface area contributed by atoms with Crippen LogP contribution in [-0.4, -0.2) is 94.9 Å². The molecule has 0 saturated carbocycles. The number of sulfone groups is 1. The molecule has 1 atom stereocenters. The van der Waals surface area contributed by atoms with E-state index in [0.717, 1.165) is 4.90 Å². The van der Waals surface area contributed by atoms with Gasteiger partial charge in [-0.15, -0.1) is 0 Å². The van der Waals surface area contributed by atoms with Crippen LogP contribution in [0.1, 0.15) is 33.6 Å². The minimum atomic E-state index is -3.98. The number of hydrogen-bond acceptors (Lipinski definition) is 10. The number of imide groups is 2. The first-order valence-electron chi connectivity index (χ1n) is 10.8. The molecule has 0 bridgehead atoms. The Balaban J connectivity index is 1.60. The minimum Gasteiger partial charge on any atom is -0.378 e. The SMILES string of the molecule is NCCOCCOCCOCCS(=O)(=O)c1cccc2c1C(=O)N(C1CCC(=O)NC1=O)C2=O. The van der Waals surface area contributed by atoms with Crippen LogP contribution in [0.4, 0.5) is 0 Å². The van der Waals surface area contributed by atoms with Gasteiger partial charge in [-0.2, -0.15) is 0 Å². The van der Waals surface area contributed by atoms with E-state index in [2.05, 4.69) is 5.32 Å². The number of benzene rings is 1. The predicted octanol–water partition coefficient (Wildman–Crippen LogP) is -1.13. The molecule has 1 fully saturated rings. The van der Waals surface area contributed by atoms with E-state index in [9.17, 15) is 27.6 Å². The highest BCUT2D eigenvalue weighted by atomic mass is 32.2. The topological polar surface area (TPSA) is 171 Å². The molecule has 4 amide bonds. The molecular weight excluding hydrogens is 470 g/mol. The lowest BCUT2D eigenvalue weighted by Gasteiger charge is -2.27. The van der Waals surface area contributed by atoms with E-state index in [1.807, 2.05) is 0 Å². The Labute approximate surface area is 196 Å². The highest BCUT2D eigenvalue weighted by molar-refractivity contribution is 7.91. The number of piperidine rings is 1. The van der Waals surface area contributed by atoms with E-state index in [-0.39, 0.29) is 48.7 Å². The quantitative estimate of drug-likeness (QED) is 0.251. The zero-order valence-electron chi connectivity index (χ0n) is 18.5. The molecule has 0 aromatic heterocycles. The molecule has 1 aromatic rings. The zero-order chi connectivity index (χ0) is 24.7. The maximum absolute atomic E-state index is 13.1. The second kappa shape index (κ2) is 11.6. The largest absolute Gasteiger partial charge is 0.378 e. The van der Waals surface area contributed by atoms with Gasteiger partial charge >= 0.3 is 0 Å². The van der Waals surface area contributed by atoms with E-state index in [0.29, 0.717) is 26.4 Å². The van der Waals surface area contributed by atoms with Gasteiger partial charge in [-0.05, 0) is 18.6 Å². The lowest BCUT2D eigenvalue weighted by molar-refractivity contribution is -0.136. The Hall–Kier alpha value is -2.71. The van der Waals surface area contributed by atoms with Crippen LogP contribution in [-0.2, 0) is 33.6 Å². The molecule has 0 spiro atoms. The molecule has 1 aromatic carbocycles. The Morgan fingerprint density at radius 2 is 1.59 bits per heavy atom. The third-order valence-corrected chi connectivity index (χ3v) is 6.98. The third kappa shape index (κ3) is 5.85. The summed E-state index contributed by atoms with van der Waals surface area (Å²) in [6.07, 6.45) is -0.0516. The third-order valence-electron chi connectivity index (χ3n) is 5.27. The fourth-order valence-electron chi connectivity index (χ4n) is 3.65. The van der Waals surface area contributed by atoms with Crippen LogP contribution in [0.3, 0.4) is 0 Å². The van der Waals surface area contributed by atoms with Gasteiger partial charge in [0.2, 0.25) is 11.8 Å². The van der Waals surface area contributed by atoms with E-state index in [1.54, 1.807) is 0 Å². The molecule has 1 saturated heterocycles. The molecule has 0 radical (unpaired) electrons. The van der Waals surface area contributed by atoms with Crippen molar-refractivity contribution in [2.45, 2.75) is 23.8 Å². The molecule has 2 heterocycles. The number of fused-ring (bicyclic) bond motifs is 1. The minimum absolute atomic E-state index is 0.0206. The van der Waals surface area contributed by atoms with Crippen molar-refractivity contribution >= 4 is 33.5 Å². The number of nitrogens with two attached hydrogens (primary N) is 1. The molecular formula is C21H27N3O9S. The molecule has 13 heteroatoms. The van der Waals surface area contributed by atoms with Crippen LogP contribution in [0, 0.1) is 0 Å². The molecule has 0 aliphatic carbocycles. The molecule has 186 valence electrons. The average molecular weight is 498 g/mol. The van der Waals surface area contributed by atoms with E-state index >= 15 is 0 Å². The van der Waals surface area contributed by atoms with Crippen molar-refractivity contribution in [3.05, 3.63) is 29.3 Å². The van der Waals surface area contributed by atoms with E-state index in [4.69, 9.17) is 19.9 Å². The first kappa shape index (κ1) is 25.9. The first-order valence-corrected chi connectivity index (χ1v) is 12.4. The number of hydrogen-bond donors (Lipinski definition) is 2. The second-order valence-corrected chi connectivity index (χ2v) is 9.65. The normalized spacial score (nSPS) is 18.4. The Morgan fingerprint density at radius 1 is 0.941 bits per heavy atom. The predicted molar refractivity (Wildman–Crippen MR) is 117 cm³/mol. The van der Waals surface area contributed by atoms with Crippen LogP contribution in [0.5, 0.6) is 0 Å². The number of carbonyl (C=O) groups is 4. The van der Waals surface area contributed by atoms with Gasteiger partial charge in [0.1, 0.15) is 6.04 Å². The summed E-state index contributed by atoms with van der Waals surface area (Å²) in [5, 5.41) is 2.10. The van der Waals surface area contributed by atoms with Gasteiger partial charge in [0.25, 0.3) is 11.8 Å². The number of ether oxygens (including phenoxy) is 3. The molecule has 3 rings (SSSR count). The zero-order valence-corrected chi connectivity index (χ0v) is 19.3. The van der Waals surface area contributed by atoms with Gasteiger partial charge in [0.15, 0.2) is 9.84 Å². The molecule has 2 aliphatic rings. The highest BCUT2D eigenvalue weighted by Crippen LogP contribution is 2.32. The standard InChI is InChI=1S/C21H27N3O9S/c22-6-7-31-8-9-32-10-11-33-12-13-34(29,30)16-3-1-2-14-18(16)21(28)24(20(14)27)15-4-5-17(25)23-19(15)26/h1-3,15H,4-13,22H2,(H,23,25,26). The first-order chi connectivity index (χ1) is 16.3. The second-order valence-electron chi connectivity index (χ2n) is 7.57. The Morgan fingerprint density at radius 3 is 2.24 bits per heavy atom. The summed E-state index contributed by atoms with van der Waals surface area (Å²) in [4.78, 5) is 49.9. The van der Waals surface area contributed by atoms with E-state index in [1.165, 1.54) is 18.2 Å². The Bertz CT molecular complexity index is 1060. The Kier molecular flexibility index (Phi) is 8.85. The summed E-state index contributed by atoms with van der Waals surface area (Å²) < 4.78 is 41.6. The lowest BCUT2D eigenvalue weighted by atomic mass is 10.0. The number of carbonyl (C=O) groups excluding carboxylic acids is 4. The van der Waals surface area contributed by atoms with Gasteiger partial charge in [-0.3, -0.25) is 29.4 Å². The van der Waals surface area contributed by atoms with Crippen molar-refractivity contribution in [2.75, 3.05) is 51.9 Å². The summed E-state index contributed by atoms with van der Waals surface area (Å²) in [5.74, 6) is -3.32. The smallest absolute Gasteiger partial charge is 0.263 e. The van der Waals surface area contributed by atoms with Crippen LogP contribution >= 0.6 is 0 Å². The van der Waals surface area contributed by atoms with Gasteiger partial charge in [-0.25, -0.2) is 8.42 Å². The summed E-state index contributed by atoms with van der Waals surface area (Å²) >= 11 is 0. The van der Waals surface area contributed by atoms with E-state index < -0.39 is 45.3 Å². The van der Waals surface area contributed by atoms with Crippen molar-refractivity contribution in [2.24, 2.45) is 5.73 Å². The molecule has 12 nitrogen and oxygen atoms in total. The van der Waals surface area contributed by atoms with Crippen molar-refractivity contribution in [1.29, 1.82) is 0 Å². The fraction of sp³-hybridized carbons (Fsp3) is 0.524. The number of amides is 4. The van der Waals surface area contributed by atoms with Crippen molar-refractivity contribution < 1.29 is 41.8 Å². The monoisotopic (exact) mass is 497 g/mol. The molecule has 34 heavy (non-hydrogen) atoms. The fourth-order valence-corrected chi connectivity index (χ4v) is 5.00. The number of nitrogens with one attached hydrogen (secondary N) is 1. The van der Waals surface area contributed by atoms with Gasteiger partial charge < -0.3 is 19.9 Å². The molecule has 1 unspecified atom stereocenters. The van der Waals surface area contributed by atoms with Gasteiger partial charge in [0.05, 0.1) is 61.4 Å². The van der Waals surface area contributed by atoms with Crippen LogP contribution < -0.4 is 11.1 Å². The number of rotatable bonds is 13. The van der Waals surface area contributed by atoms with Crippen molar-refractivity contribution in [3.8, 4) is 0 Å². The maximum Gasteiger partial charge on any atom is 0.263 e. The summed E-state index contributed by atoms with van der Waals surface area (Å²) in [6.45, 7) is 1.90. The van der Waals surface area contributed by atoms with Gasteiger partial charge in [0, 0.05) is 13.0 Å². The maximum atomic E-state index is 13.1.